The molecule has 36 heavy (non-hydrogen) atoms. The molecule has 4 rings (SSSR count). The summed E-state index contributed by atoms with van der Waals surface area (Å²) in [5.74, 6) is -0.580. The molecular formula is C26H27FN4O3S2. The minimum atomic E-state index is -3.40. The normalized spacial score (nSPS) is 12.0. The van der Waals surface area contributed by atoms with Gasteiger partial charge in [-0.1, -0.05) is 18.2 Å². The highest BCUT2D eigenvalue weighted by atomic mass is 32.2. The van der Waals surface area contributed by atoms with Gasteiger partial charge in [-0.15, -0.1) is 11.3 Å². The summed E-state index contributed by atoms with van der Waals surface area (Å²) in [6.07, 6.45) is 2.94. The zero-order valence-electron chi connectivity index (χ0n) is 20.4. The Balaban J connectivity index is 1.54. The predicted molar refractivity (Wildman–Crippen MR) is 139 cm³/mol. The molecule has 0 aliphatic carbocycles. The number of carbonyl (C=O) groups is 1. The van der Waals surface area contributed by atoms with Crippen molar-refractivity contribution in [1.82, 2.24) is 20.1 Å². The minimum absolute atomic E-state index is 0.0524. The number of hydrogen-bond acceptors (Lipinski definition) is 6. The largest absolute Gasteiger partial charge is 0.352 e. The van der Waals surface area contributed by atoms with Crippen LogP contribution in [0.3, 0.4) is 0 Å². The molecule has 0 saturated heterocycles. The molecule has 2 aromatic heterocycles. The van der Waals surface area contributed by atoms with Crippen LogP contribution < -0.4 is 5.32 Å². The van der Waals surface area contributed by atoms with Gasteiger partial charge in [0.15, 0.2) is 9.84 Å². The molecule has 0 aliphatic heterocycles. The number of nitrogens with one attached hydrogen (secondary N) is 1. The lowest BCUT2D eigenvalue weighted by Crippen LogP contribution is -2.25. The Bertz CT molecular complexity index is 1500. The van der Waals surface area contributed by atoms with Crippen LogP contribution in [0.2, 0.25) is 0 Å². The van der Waals surface area contributed by atoms with Crippen LogP contribution in [-0.4, -0.2) is 35.3 Å². The van der Waals surface area contributed by atoms with Gasteiger partial charge in [0.05, 0.1) is 40.0 Å². The van der Waals surface area contributed by atoms with Crippen LogP contribution in [0, 0.1) is 5.82 Å². The van der Waals surface area contributed by atoms with Gasteiger partial charge in [0.25, 0.3) is 0 Å². The van der Waals surface area contributed by atoms with Crippen LogP contribution in [-0.2, 0) is 33.1 Å². The number of aromatic nitrogens is 3. The molecule has 7 nitrogen and oxygen atoms in total. The van der Waals surface area contributed by atoms with E-state index in [0.717, 1.165) is 23.1 Å². The first-order valence-electron chi connectivity index (χ1n) is 11.3. The van der Waals surface area contributed by atoms with Crippen LogP contribution in [0.5, 0.6) is 0 Å². The Morgan fingerprint density at radius 1 is 1.11 bits per heavy atom. The first-order valence-corrected chi connectivity index (χ1v) is 14.0. The molecule has 2 aromatic carbocycles. The predicted octanol–water partition coefficient (Wildman–Crippen LogP) is 4.83. The van der Waals surface area contributed by atoms with Crippen molar-refractivity contribution < 1.29 is 17.6 Å². The van der Waals surface area contributed by atoms with E-state index in [1.54, 1.807) is 36.5 Å². The highest BCUT2D eigenvalue weighted by molar-refractivity contribution is 7.90. The van der Waals surface area contributed by atoms with Crippen molar-refractivity contribution in [3.63, 3.8) is 0 Å². The number of sulfone groups is 1. The summed E-state index contributed by atoms with van der Waals surface area (Å²) in [5, 5.41) is 9.90. The standard InChI is InChI=1S/C26H27FN4O3S2/c1-26(2,3)31-24(17-9-11-19(27)12-10-17)21(15-29-31)25-30-20(16-35-25)13-23(32)28-14-18-7-5-6-8-22(18)36(4,33)34/h5-12,15-16H,13-14H2,1-4H3,(H,28,32). The molecule has 0 unspecified atom stereocenters. The quantitative estimate of drug-likeness (QED) is 0.372. The van der Waals surface area contributed by atoms with Crippen molar-refractivity contribution in [2.24, 2.45) is 0 Å². The number of amides is 1. The van der Waals surface area contributed by atoms with Gasteiger partial charge in [-0.3, -0.25) is 9.48 Å². The van der Waals surface area contributed by atoms with Gasteiger partial charge in [0.1, 0.15) is 10.8 Å². The molecule has 0 fully saturated rings. The molecular weight excluding hydrogens is 499 g/mol. The van der Waals surface area contributed by atoms with Crippen molar-refractivity contribution in [2.45, 2.75) is 44.2 Å². The molecule has 0 atom stereocenters. The molecule has 0 bridgehead atoms. The van der Waals surface area contributed by atoms with E-state index in [0.29, 0.717) is 16.3 Å². The fourth-order valence-electron chi connectivity index (χ4n) is 3.84. The highest BCUT2D eigenvalue weighted by Gasteiger charge is 2.24. The summed E-state index contributed by atoms with van der Waals surface area (Å²) in [7, 11) is -3.40. The Morgan fingerprint density at radius 2 is 1.81 bits per heavy atom. The number of nitrogens with zero attached hydrogens (tertiary/aromatic N) is 3. The molecule has 1 amide bonds. The van der Waals surface area contributed by atoms with Crippen LogP contribution in [0.15, 0.2) is 65.0 Å². The summed E-state index contributed by atoms with van der Waals surface area (Å²) < 4.78 is 39.4. The van der Waals surface area contributed by atoms with Crippen LogP contribution >= 0.6 is 11.3 Å². The first kappa shape index (κ1) is 25.7. The summed E-state index contributed by atoms with van der Waals surface area (Å²) >= 11 is 1.40. The third-order valence-electron chi connectivity index (χ3n) is 5.49. The Kier molecular flexibility index (Phi) is 7.10. The van der Waals surface area contributed by atoms with E-state index in [4.69, 9.17) is 0 Å². The van der Waals surface area contributed by atoms with Crippen molar-refractivity contribution in [1.29, 1.82) is 0 Å². The van der Waals surface area contributed by atoms with Crippen LogP contribution in [0.1, 0.15) is 32.0 Å². The molecule has 0 spiro atoms. The van der Waals surface area contributed by atoms with Gasteiger partial charge in [-0.2, -0.15) is 5.10 Å². The number of thiazole rings is 1. The van der Waals surface area contributed by atoms with Gasteiger partial charge in [-0.25, -0.2) is 17.8 Å². The van der Waals surface area contributed by atoms with E-state index in [1.165, 1.54) is 29.5 Å². The average Bonchev–Trinajstić information content (AvgIpc) is 3.45. The number of rotatable bonds is 7. The first-order chi connectivity index (χ1) is 16.9. The number of halogens is 1. The lowest BCUT2D eigenvalue weighted by atomic mass is 10.0. The van der Waals surface area contributed by atoms with Crippen LogP contribution in [0.25, 0.3) is 21.8 Å². The zero-order valence-corrected chi connectivity index (χ0v) is 22.1. The summed E-state index contributed by atoms with van der Waals surface area (Å²) in [6, 6.07) is 12.9. The fraction of sp³-hybridized carbons (Fsp3) is 0.269. The Morgan fingerprint density at radius 3 is 2.47 bits per heavy atom. The lowest BCUT2D eigenvalue weighted by Gasteiger charge is -2.23. The maximum absolute atomic E-state index is 13.6. The molecule has 4 aromatic rings. The lowest BCUT2D eigenvalue weighted by molar-refractivity contribution is -0.120. The van der Waals surface area contributed by atoms with E-state index in [9.17, 15) is 17.6 Å². The van der Waals surface area contributed by atoms with E-state index < -0.39 is 9.84 Å². The third-order valence-corrected chi connectivity index (χ3v) is 7.62. The van der Waals surface area contributed by atoms with E-state index in [-0.39, 0.29) is 35.1 Å². The Hall–Kier alpha value is -3.37. The van der Waals surface area contributed by atoms with Crippen LogP contribution in [0.4, 0.5) is 4.39 Å². The van der Waals surface area contributed by atoms with E-state index >= 15 is 0 Å². The van der Waals surface area contributed by atoms with E-state index in [1.807, 2.05) is 30.8 Å². The summed E-state index contributed by atoms with van der Waals surface area (Å²) in [4.78, 5) is 17.5. The molecule has 10 heteroatoms. The minimum Gasteiger partial charge on any atom is -0.352 e. The Labute approximate surface area is 213 Å². The molecule has 0 aliphatic rings. The topological polar surface area (TPSA) is 93.9 Å². The van der Waals surface area contributed by atoms with Crippen molar-refractivity contribution in [3.8, 4) is 21.8 Å². The summed E-state index contributed by atoms with van der Waals surface area (Å²) in [6.45, 7) is 6.22. The summed E-state index contributed by atoms with van der Waals surface area (Å²) in [5.41, 5.74) is 3.26. The van der Waals surface area contributed by atoms with Crippen molar-refractivity contribution in [3.05, 3.63) is 77.2 Å². The zero-order chi connectivity index (χ0) is 26.1. The van der Waals surface area contributed by atoms with Crippen molar-refractivity contribution >= 4 is 27.1 Å². The molecule has 0 radical (unpaired) electrons. The highest BCUT2D eigenvalue weighted by Crippen LogP contribution is 2.36. The smallest absolute Gasteiger partial charge is 0.226 e. The molecule has 0 saturated carbocycles. The second kappa shape index (κ2) is 9.94. The fourth-order valence-corrected chi connectivity index (χ4v) is 5.62. The van der Waals surface area contributed by atoms with Gasteiger partial charge in [-0.05, 0) is 56.7 Å². The van der Waals surface area contributed by atoms with Gasteiger partial charge in [0, 0.05) is 23.7 Å². The monoisotopic (exact) mass is 526 g/mol. The second-order valence-corrected chi connectivity index (χ2v) is 12.3. The van der Waals surface area contributed by atoms with Crippen molar-refractivity contribution in [2.75, 3.05) is 6.26 Å². The number of benzene rings is 2. The second-order valence-electron chi connectivity index (χ2n) is 9.47. The maximum atomic E-state index is 13.6. The van der Waals surface area contributed by atoms with Gasteiger partial charge >= 0.3 is 0 Å². The van der Waals surface area contributed by atoms with E-state index in [2.05, 4.69) is 15.4 Å². The van der Waals surface area contributed by atoms with Gasteiger partial charge in [0.2, 0.25) is 5.91 Å². The maximum Gasteiger partial charge on any atom is 0.226 e. The molecule has 188 valence electrons. The molecule has 2 heterocycles. The third kappa shape index (κ3) is 5.71. The van der Waals surface area contributed by atoms with Gasteiger partial charge < -0.3 is 5.32 Å². The SMILES string of the molecule is CC(C)(C)n1ncc(-c2nc(CC(=O)NCc3ccccc3S(C)(=O)=O)cs2)c1-c1ccc(F)cc1. The number of carbonyl (C=O) groups excluding carboxylic acids is 1. The molecule has 1 N–H and O–H groups in total. The average molecular weight is 527 g/mol. The number of hydrogen-bond donors (Lipinski definition) is 1.